The lowest BCUT2D eigenvalue weighted by atomic mass is 9.95. The van der Waals surface area contributed by atoms with Gasteiger partial charge in [0, 0.05) is 6.42 Å². The molecule has 96 valence electrons. The van der Waals surface area contributed by atoms with Crippen LogP contribution in [0.1, 0.15) is 17.0 Å². The van der Waals surface area contributed by atoms with E-state index >= 15 is 0 Å². The third-order valence-electron chi connectivity index (χ3n) is 2.96. The minimum absolute atomic E-state index is 0.357. The number of hydrogen-bond donors (Lipinski definition) is 1. The summed E-state index contributed by atoms with van der Waals surface area (Å²) in [6, 6.07) is 8.52. The van der Waals surface area contributed by atoms with Gasteiger partial charge in [0.25, 0.3) is 0 Å². The normalized spacial score (nSPS) is 12.6. The zero-order valence-corrected chi connectivity index (χ0v) is 10.9. The fourth-order valence-corrected chi connectivity index (χ4v) is 2.07. The van der Waals surface area contributed by atoms with Gasteiger partial charge in [-0.3, -0.25) is 0 Å². The number of hydrogen-bond acceptors (Lipinski definition) is 4. The molecule has 5 heteroatoms. The summed E-state index contributed by atoms with van der Waals surface area (Å²) < 4.78 is 0. The molecule has 2 aromatic rings. The molecule has 1 aromatic carbocycles. The highest BCUT2D eigenvalue weighted by atomic mass is 15.6. The number of nitrogens with zero attached hydrogens (tertiary/aromatic N) is 4. The van der Waals surface area contributed by atoms with Gasteiger partial charge in [0.05, 0.1) is 7.05 Å². The predicted molar refractivity (Wildman–Crippen MR) is 69.9 cm³/mol. The van der Waals surface area contributed by atoms with Crippen LogP contribution in [0.5, 0.6) is 0 Å². The molecule has 18 heavy (non-hydrogen) atoms. The van der Waals surface area contributed by atoms with Gasteiger partial charge >= 0.3 is 0 Å². The van der Waals surface area contributed by atoms with Gasteiger partial charge in [-0.05, 0) is 36.6 Å². The molecule has 1 unspecified atom stereocenters. The minimum atomic E-state index is 0.357. The van der Waals surface area contributed by atoms with E-state index in [9.17, 15) is 0 Å². The first kappa shape index (κ1) is 12.7. The van der Waals surface area contributed by atoms with Gasteiger partial charge in [-0.15, -0.1) is 10.2 Å². The standard InChI is InChI=1S/C13H19N5/c1-10-4-3-5-11(6-10)7-12(9-14)8-13-15-17-18(2)16-13/h3-6,12H,7-9,14H2,1-2H3. The van der Waals surface area contributed by atoms with Crippen LogP contribution in [0.3, 0.4) is 0 Å². The summed E-state index contributed by atoms with van der Waals surface area (Å²) in [5, 5.41) is 12.0. The van der Waals surface area contributed by atoms with Crippen molar-refractivity contribution in [3.63, 3.8) is 0 Å². The zero-order valence-electron chi connectivity index (χ0n) is 10.9. The SMILES string of the molecule is Cc1cccc(CC(CN)Cc2nnn(C)n2)c1. The number of benzene rings is 1. The molecule has 0 radical (unpaired) electrons. The van der Waals surface area contributed by atoms with Crippen molar-refractivity contribution < 1.29 is 0 Å². The van der Waals surface area contributed by atoms with Crippen LogP contribution in [-0.2, 0) is 19.9 Å². The zero-order chi connectivity index (χ0) is 13.0. The van der Waals surface area contributed by atoms with Gasteiger partial charge < -0.3 is 5.73 Å². The molecule has 2 N–H and O–H groups in total. The van der Waals surface area contributed by atoms with E-state index in [-0.39, 0.29) is 0 Å². The molecule has 0 spiro atoms. The minimum Gasteiger partial charge on any atom is -0.330 e. The van der Waals surface area contributed by atoms with Crippen molar-refractivity contribution in [3.8, 4) is 0 Å². The molecule has 0 bridgehead atoms. The average molecular weight is 245 g/mol. The van der Waals surface area contributed by atoms with E-state index in [2.05, 4.69) is 46.6 Å². The number of nitrogens with two attached hydrogens (primary N) is 1. The maximum Gasteiger partial charge on any atom is 0.175 e. The van der Waals surface area contributed by atoms with Crippen LogP contribution in [0.4, 0.5) is 0 Å². The van der Waals surface area contributed by atoms with Crippen molar-refractivity contribution in [1.82, 2.24) is 20.2 Å². The Balaban J connectivity index is 2.01. The molecule has 0 saturated carbocycles. The summed E-state index contributed by atoms with van der Waals surface area (Å²) in [4.78, 5) is 1.48. The van der Waals surface area contributed by atoms with Crippen molar-refractivity contribution in [2.24, 2.45) is 18.7 Å². The second-order valence-corrected chi connectivity index (χ2v) is 4.69. The molecule has 0 aliphatic rings. The molecule has 0 fully saturated rings. The summed E-state index contributed by atoms with van der Waals surface area (Å²) >= 11 is 0. The van der Waals surface area contributed by atoms with Crippen LogP contribution in [0.25, 0.3) is 0 Å². The van der Waals surface area contributed by atoms with E-state index in [0.29, 0.717) is 12.5 Å². The van der Waals surface area contributed by atoms with Crippen molar-refractivity contribution in [1.29, 1.82) is 0 Å². The predicted octanol–water partition coefficient (Wildman–Crippen LogP) is 0.879. The maximum atomic E-state index is 5.83. The molecule has 0 amide bonds. The maximum absolute atomic E-state index is 5.83. The Morgan fingerprint density at radius 1 is 1.33 bits per heavy atom. The first-order valence-corrected chi connectivity index (χ1v) is 6.16. The van der Waals surface area contributed by atoms with E-state index in [0.717, 1.165) is 18.7 Å². The fourth-order valence-electron chi connectivity index (χ4n) is 2.07. The summed E-state index contributed by atoms with van der Waals surface area (Å²) in [6.45, 7) is 2.73. The number of tetrazole rings is 1. The Morgan fingerprint density at radius 2 is 2.17 bits per heavy atom. The smallest absolute Gasteiger partial charge is 0.175 e. The van der Waals surface area contributed by atoms with E-state index in [4.69, 9.17) is 5.73 Å². The van der Waals surface area contributed by atoms with Gasteiger partial charge in [-0.25, -0.2) is 0 Å². The highest BCUT2D eigenvalue weighted by Gasteiger charge is 2.12. The Kier molecular flexibility index (Phi) is 4.04. The van der Waals surface area contributed by atoms with E-state index in [1.54, 1.807) is 7.05 Å². The molecule has 0 aliphatic carbocycles. The first-order chi connectivity index (χ1) is 8.67. The Hall–Kier alpha value is -1.75. The average Bonchev–Trinajstić information content (AvgIpc) is 2.74. The van der Waals surface area contributed by atoms with Gasteiger partial charge in [-0.1, -0.05) is 29.8 Å². The third-order valence-corrected chi connectivity index (χ3v) is 2.96. The molecular formula is C13H19N5. The van der Waals surface area contributed by atoms with Gasteiger partial charge in [0.15, 0.2) is 5.82 Å². The van der Waals surface area contributed by atoms with E-state index in [1.165, 1.54) is 15.9 Å². The molecular weight excluding hydrogens is 226 g/mol. The van der Waals surface area contributed by atoms with Crippen molar-refractivity contribution >= 4 is 0 Å². The highest BCUT2D eigenvalue weighted by Crippen LogP contribution is 2.13. The largest absolute Gasteiger partial charge is 0.330 e. The lowest BCUT2D eigenvalue weighted by Gasteiger charge is -2.12. The Labute approximate surface area is 107 Å². The molecule has 1 aromatic heterocycles. The number of aryl methyl sites for hydroxylation is 2. The summed E-state index contributed by atoms with van der Waals surface area (Å²) in [7, 11) is 1.77. The third kappa shape index (κ3) is 3.37. The Bertz CT molecular complexity index is 506. The molecule has 2 rings (SSSR count). The van der Waals surface area contributed by atoms with Crippen LogP contribution in [0, 0.1) is 12.8 Å². The summed E-state index contributed by atoms with van der Waals surface area (Å²) in [5.41, 5.74) is 8.42. The van der Waals surface area contributed by atoms with Gasteiger partial charge in [0.1, 0.15) is 0 Å². The Morgan fingerprint density at radius 3 is 2.78 bits per heavy atom. The fraction of sp³-hybridized carbons (Fsp3) is 0.462. The van der Waals surface area contributed by atoms with Crippen molar-refractivity contribution in [3.05, 3.63) is 41.2 Å². The van der Waals surface area contributed by atoms with Crippen molar-refractivity contribution in [2.75, 3.05) is 6.54 Å². The highest BCUT2D eigenvalue weighted by molar-refractivity contribution is 5.22. The van der Waals surface area contributed by atoms with E-state index < -0.39 is 0 Å². The first-order valence-electron chi connectivity index (χ1n) is 6.16. The molecule has 1 atom stereocenters. The lowest BCUT2D eigenvalue weighted by molar-refractivity contribution is 0.516. The second kappa shape index (κ2) is 5.73. The van der Waals surface area contributed by atoms with Crippen LogP contribution in [0.15, 0.2) is 24.3 Å². The van der Waals surface area contributed by atoms with Crippen LogP contribution in [-0.4, -0.2) is 26.8 Å². The molecule has 5 nitrogen and oxygen atoms in total. The number of aromatic nitrogens is 4. The summed E-state index contributed by atoms with van der Waals surface area (Å²) in [6.07, 6.45) is 1.73. The van der Waals surface area contributed by atoms with Crippen molar-refractivity contribution in [2.45, 2.75) is 19.8 Å². The molecule has 0 saturated heterocycles. The van der Waals surface area contributed by atoms with Crippen LogP contribution in [0.2, 0.25) is 0 Å². The summed E-state index contributed by atoms with van der Waals surface area (Å²) in [5.74, 6) is 1.12. The van der Waals surface area contributed by atoms with Gasteiger partial charge in [0.2, 0.25) is 0 Å². The second-order valence-electron chi connectivity index (χ2n) is 4.69. The monoisotopic (exact) mass is 245 g/mol. The van der Waals surface area contributed by atoms with Crippen LogP contribution < -0.4 is 5.73 Å². The topological polar surface area (TPSA) is 69.6 Å². The molecule has 0 aliphatic heterocycles. The number of rotatable bonds is 5. The van der Waals surface area contributed by atoms with E-state index in [1.807, 2.05) is 0 Å². The van der Waals surface area contributed by atoms with Crippen LogP contribution >= 0.6 is 0 Å². The molecule has 1 heterocycles. The van der Waals surface area contributed by atoms with Gasteiger partial charge in [-0.2, -0.15) is 4.80 Å². The quantitative estimate of drug-likeness (QED) is 0.849. The lowest BCUT2D eigenvalue weighted by Crippen LogP contribution is -2.20.